The molecular formula is C20H18ClN3O6. The summed E-state index contributed by atoms with van der Waals surface area (Å²) in [7, 11) is 0. The topological polar surface area (TPSA) is 119 Å². The van der Waals surface area contributed by atoms with E-state index in [-0.39, 0.29) is 24.6 Å². The molecule has 1 atom stereocenters. The first kappa shape index (κ1) is 21.3. The number of benzene rings is 2. The third-order valence-corrected chi connectivity index (χ3v) is 4.88. The summed E-state index contributed by atoms with van der Waals surface area (Å²) < 4.78 is 5.03. The van der Waals surface area contributed by atoms with Crippen LogP contribution in [0.4, 0.5) is 17.1 Å². The first-order valence-electron chi connectivity index (χ1n) is 9.02. The largest absolute Gasteiger partial charge is 0.455 e. The van der Waals surface area contributed by atoms with E-state index in [1.165, 1.54) is 11.0 Å². The highest BCUT2D eigenvalue weighted by Crippen LogP contribution is 2.30. The fourth-order valence-corrected chi connectivity index (χ4v) is 3.19. The molecule has 3 rings (SSSR count). The van der Waals surface area contributed by atoms with Crippen LogP contribution in [0.2, 0.25) is 5.02 Å². The van der Waals surface area contributed by atoms with E-state index in [4.69, 9.17) is 16.3 Å². The van der Waals surface area contributed by atoms with Crippen molar-refractivity contribution >= 4 is 46.4 Å². The summed E-state index contributed by atoms with van der Waals surface area (Å²) in [6, 6.07) is 10.9. The molecule has 0 bridgehead atoms. The molecule has 0 aliphatic carbocycles. The number of hydrogen-bond donors (Lipinski definition) is 1. The summed E-state index contributed by atoms with van der Waals surface area (Å²) in [6.45, 7) is 1.13. The Hall–Kier alpha value is -3.46. The lowest BCUT2D eigenvalue weighted by Crippen LogP contribution is -2.28. The van der Waals surface area contributed by atoms with Crippen LogP contribution < -0.4 is 10.2 Å². The average molecular weight is 432 g/mol. The molecule has 1 aliphatic rings. The number of carbonyl (C=O) groups excluding carboxylic acids is 3. The minimum Gasteiger partial charge on any atom is -0.455 e. The van der Waals surface area contributed by atoms with E-state index in [0.29, 0.717) is 22.0 Å². The van der Waals surface area contributed by atoms with Crippen molar-refractivity contribution in [3.05, 3.63) is 63.2 Å². The Balaban J connectivity index is 1.57. The van der Waals surface area contributed by atoms with E-state index in [9.17, 15) is 24.5 Å². The van der Waals surface area contributed by atoms with E-state index < -0.39 is 29.3 Å². The summed E-state index contributed by atoms with van der Waals surface area (Å²) in [5.74, 6) is -2.32. The summed E-state index contributed by atoms with van der Waals surface area (Å²) in [4.78, 5) is 48.5. The Morgan fingerprint density at radius 2 is 1.97 bits per heavy atom. The molecule has 0 unspecified atom stereocenters. The van der Waals surface area contributed by atoms with Crippen molar-refractivity contribution in [1.29, 1.82) is 0 Å². The SMILES string of the molecule is Cc1ccc(N2C[C@H](C(=O)OCC(=O)Nc3ccc(Cl)cc3)CC2=O)cc1[N+](=O)[O-]. The molecule has 2 aromatic rings. The minimum absolute atomic E-state index is 0.0245. The highest BCUT2D eigenvalue weighted by Gasteiger charge is 2.37. The van der Waals surface area contributed by atoms with Crippen molar-refractivity contribution in [2.24, 2.45) is 5.92 Å². The maximum atomic E-state index is 12.3. The third-order valence-electron chi connectivity index (χ3n) is 4.63. The highest BCUT2D eigenvalue weighted by molar-refractivity contribution is 6.30. The van der Waals surface area contributed by atoms with Gasteiger partial charge in [-0.25, -0.2) is 0 Å². The zero-order valence-electron chi connectivity index (χ0n) is 16.0. The number of rotatable bonds is 6. The second kappa shape index (κ2) is 8.91. The standard InChI is InChI=1S/C20H18ClN3O6/c1-12-2-7-16(9-17(12)24(28)29)23-10-13(8-19(23)26)20(27)30-11-18(25)22-15-5-3-14(21)4-6-15/h2-7,9,13H,8,10-11H2,1H3,(H,22,25)/t13-/m1/s1. The van der Waals surface area contributed by atoms with E-state index in [2.05, 4.69) is 5.32 Å². The molecule has 9 nitrogen and oxygen atoms in total. The van der Waals surface area contributed by atoms with E-state index in [1.807, 2.05) is 0 Å². The molecule has 0 saturated carbocycles. The first-order valence-corrected chi connectivity index (χ1v) is 9.40. The maximum Gasteiger partial charge on any atom is 0.311 e. The molecule has 10 heteroatoms. The fourth-order valence-electron chi connectivity index (χ4n) is 3.06. The average Bonchev–Trinajstić information content (AvgIpc) is 3.10. The van der Waals surface area contributed by atoms with Crippen LogP contribution in [-0.4, -0.2) is 35.9 Å². The van der Waals surface area contributed by atoms with Gasteiger partial charge in [0.15, 0.2) is 6.61 Å². The van der Waals surface area contributed by atoms with Crippen LogP contribution in [0.15, 0.2) is 42.5 Å². The number of ether oxygens (including phenoxy) is 1. The number of nitro groups is 1. The molecule has 156 valence electrons. The molecular weight excluding hydrogens is 414 g/mol. The van der Waals surface area contributed by atoms with Gasteiger partial charge in [0.25, 0.3) is 11.6 Å². The zero-order valence-corrected chi connectivity index (χ0v) is 16.7. The Labute approximate surface area is 176 Å². The molecule has 1 aliphatic heterocycles. The number of aryl methyl sites for hydroxylation is 1. The molecule has 1 saturated heterocycles. The van der Waals surface area contributed by atoms with Gasteiger partial charge in [-0.05, 0) is 37.3 Å². The van der Waals surface area contributed by atoms with Crippen molar-refractivity contribution in [2.75, 3.05) is 23.4 Å². The van der Waals surface area contributed by atoms with Gasteiger partial charge < -0.3 is 15.0 Å². The van der Waals surface area contributed by atoms with Crippen molar-refractivity contribution in [3.63, 3.8) is 0 Å². The number of nitrogens with one attached hydrogen (secondary N) is 1. The lowest BCUT2D eigenvalue weighted by atomic mass is 10.1. The molecule has 30 heavy (non-hydrogen) atoms. The van der Waals surface area contributed by atoms with Crippen LogP contribution in [-0.2, 0) is 19.1 Å². The Bertz CT molecular complexity index is 1010. The molecule has 2 aromatic carbocycles. The number of amides is 2. The molecule has 0 aromatic heterocycles. The minimum atomic E-state index is -0.763. The van der Waals surface area contributed by atoms with Gasteiger partial charge in [-0.1, -0.05) is 17.7 Å². The third kappa shape index (κ3) is 4.93. The highest BCUT2D eigenvalue weighted by atomic mass is 35.5. The van der Waals surface area contributed by atoms with Crippen LogP contribution >= 0.6 is 11.6 Å². The van der Waals surface area contributed by atoms with Crippen LogP contribution in [0.3, 0.4) is 0 Å². The van der Waals surface area contributed by atoms with Gasteiger partial charge in [0.1, 0.15) is 0 Å². The van der Waals surface area contributed by atoms with Gasteiger partial charge in [0.05, 0.1) is 16.5 Å². The number of anilines is 2. The molecule has 1 heterocycles. The second-order valence-corrected chi connectivity index (χ2v) is 7.23. The normalized spacial score (nSPS) is 15.7. The number of nitro benzene ring substituents is 1. The predicted octanol–water partition coefficient (Wildman–Crippen LogP) is 3.09. The molecule has 0 spiro atoms. The molecule has 0 radical (unpaired) electrons. The number of carbonyl (C=O) groups is 3. The quantitative estimate of drug-likeness (QED) is 0.426. The summed E-state index contributed by atoms with van der Waals surface area (Å²) in [5, 5.41) is 14.2. The monoisotopic (exact) mass is 431 g/mol. The Morgan fingerprint density at radius 1 is 1.27 bits per heavy atom. The number of nitrogens with zero attached hydrogens (tertiary/aromatic N) is 2. The lowest BCUT2D eigenvalue weighted by molar-refractivity contribution is -0.385. The molecule has 1 N–H and O–H groups in total. The van der Waals surface area contributed by atoms with Gasteiger partial charge in [-0.3, -0.25) is 24.5 Å². The Morgan fingerprint density at radius 3 is 2.63 bits per heavy atom. The first-order chi connectivity index (χ1) is 14.2. The van der Waals surface area contributed by atoms with E-state index >= 15 is 0 Å². The predicted molar refractivity (Wildman–Crippen MR) is 109 cm³/mol. The van der Waals surface area contributed by atoms with E-state index in [0.717, 1.165) is 0 Å². The van der Waals surface area contributed by atoms with Gasteiger partial charge in [0.2, 0.25) is 5.91 Å². The smallest absolute Gasteiger partial charge is 0.311 e. The Kier molecular flexibility index (Phi) is 6.31. The summed E-state index contributed by atoms with van der Waals surface area (Å²) in [5.41, 5.74) is 1.21. The van der Waals surface area contributed by atoms with Gasteiger partial charge in [-0.2, -0.15) is 0 Å². The fraction of sp³-hybridized carbons (Fsp3) is 0.250. The van der Waals surface area contributed by atoms with E-state index in [1.54, 1.807) is 43.3 Å². The summed E-state index contributed by atoms with van der Waals surface area (Å²) >= 11 is 5.78. The van der Waals surface area contributed by atoms with Crippen LogP contribution in [0.5, 0.6) is 0 Å². The zero-order chi connectivity index (χ0) is 21.8. The maximum absolute atomic E-state index is 12.3. The number of esters is 1. The van der Waals surface area contributed by atoms with Crippen molar-refractivity contribution in [1.82, 2.24) is 0 Å². The molecule has 2 amide bonds. The van der Waals surface area contributed by atoms with Crippen molar-refractivity contribution in [3.8, 4) is 0 Å². The summed E-state index contributed by atoms with van der Waals surface area (Å²) in [6.07, 6.45) is -0.0979. The number of hydrogen-bond acceptors (Lipinski definition) is 6. The second-order valence-electron chi connectivity index (χ2n) is 6.80. The lowest BCUT2D eigenvalue weighted by Gasteiger charge is -2.16. The van der Waals surface area contributed by atoms with Crippen LogP contribution in [0.1, 0.15) is 12.0 Å². The van der Waals surface area contributed by atoms with Crippen molar-refractivity contribution < 1.29 is 24.0 Å². The van der Waals surface area contributed by atoms with Gasteiger partial charge in [0, 0.05) is 35.3 Å². The van der Waals surface area contributed by atoms with Crippen LogP contribution in [0.25, 0.3) is 0 Å². The van der Waals surface area contributed by atoms with Gasteiger partial charge in [-0.15, -0.1) is 0 Å². The van der Waals surface area contributed by atoms with Gasteiger partial charge >= 0.3 is 5.97 Å². The number of halogens is 1. The molecule has 1 fully saturated rings. The van der Waals surface area contributed by atoms with Crippen molar-refractivity contribution in [2.45, 2.75) is 13.3 Å². The van der Waals surface area contributed by atoms with Crippen LogP contribution in [0, 0.1) is 23.0 Å².